The van der Waals surface area contributed by atoms with Gasteiger partial charge in [-0.25, -0.2) is 58.1 Å². The van der Waals surface area contributed by atoms with Gasteiger partial charge in [-0.3, -0.25) is 4.79 Å². The molecule has 2 N–H and O–H groups in total. The largest absolute Gasteiger partial charge is 1.00 e. The number of carbonyl (C=O) groups excluding carboxylic acids is 1. The van der Waals surface area contributed by atoms with E-state index in [-0.39, 0.29) is 125 Å². The maximum absolute atomic E-state index is 12.9. The first-order chi connectivity index (χ1) is 43.1. The van der Waals surface area contributed by atoms with Crippen molar-refractivity contribution in [3.8, 4) is 0 Å². The van der Waals surface area contributed by atoms with Crippen LogP contribution in [0.4, 0.5) is 0 Å². The van der Waals surface area contributed by atoms with E-state index in [2.05, 4.69) is 71.2 Å². The molecule has 0 fully saturated rings. The van der Waals surface area contributed by atoms with Crippen LogP contribution in [0.3, 0.4) is 0 Å². The summed E-state index contributed by atoms with van der Waals surface area (Å²) in [5.74, 6) is 0. The smallest absolute Gasteiger partial charge is 1.00 e. The number of hydrogen-bond donors (Lipinski definition) is 2. The summed E-state index contributed by atoms with van der Waals surface area (Å²) >= 11 is 30.1. The Morgan fingerprint density at radius 1 is 0.500 bits per heavy atom. The molecule has 13 rings (SSSR count). The fourth-order valence-electron chi connectivity index (χ4n) is 8.75. The van der Waals surface area contributed by atoms with Crippen LogP contribution < -0.4 is 108 Å². The van der Waals surface area contributed by atoms with Gasteiger partial charge in [0, 0.05) is 105 Å². The summed E-state index contributed by atoms with van der Waals surface area (Å²) in [5.41, 5.74) is 6.53. The van der Waals surface area contributed by atoms with Crippen molar-refractivity contribution in [2.24, 2.45) is 0 Å². The van der Waals surface area contributed by atoms with Gasteiger partial charge in [0.25, 0.3) is 35.6 Å². The van der Waals surface area contributed by atoms with Crippen LogP contribution in [0.5, 0.6) is 0 Å². The molecule has 0 aliphatic rings. The quantitative estimate of drug-likeness (QED) is 0.0426. The second-order valence-electron chi connectivity index (χ2n) is 18.5. The molecule has 19 nitrogen and oxygen atoms in total. The number of nitrogens with zero attached hydrogens (tertiary/aromatic N) is 8. The first-order valence-electron chi connectivity index (χ1n) is 27.1. The third kappa shape index (κ3) is 19.8. The number of aromatic amines is 2. The number of hydrogen-bond acceptors (Lipinski definition) is 14. The molecule has 0 aliphatic carbocycles. The number of benzene rings is 3. The van der Waals surface area contributed by atoms with E-state index in [9.17, 15) is 25.3 Å². The van der Waals surface area contributed by atoms with Crippen LogP contribution in [0.1, 0.15) is 46.2 Å². The number of nitrogens with one attached hydrogen (secondary N) is 2. The van der Waals surface area contributed by atoms with Crippen LogP contribution in [0.2, 0.25) is 25.1 Å². The predicted molar refractivity (Wildman–Crippen MR) is 356 cm³/mol. The molecule has 13 aromatic rings. The Kier molecular flexibility index (Phi) is 31.5. The van der Waals surface area contributed by atoms with Crippen LogP contribution in [-0.2, 0) is 64.6 Å². The topological polar surface area (TPSA) is 263 Å². The number of carbonyl (C=O) groups is 1. The minimum absolute atomic E-state index is 0. The zero-order valence-electron chi connectivity index (χ0n) is 51.1. The van der Waals surface area contributed by atoms with Crippen molar-refractivity contribution in [2.75, 3.05) is 0 Å². The van der Waals surface area contributed by atoms with Gasteiger partial charge in [0.15, 0.2) is 11.3 Å². The molecular formula is C62H56Cl6K2N10O9S3. The number of pyridine rings is 5. The molecule has 92 heavy (non-hydrogen) atoms. The molecule has 0 atom stereocenters. The fraction of sp³-hybridized carbons (Fsp3) is 0.129. The molecule has 3 aromatic carbocycles. The SMILES string of the molecule is CCc1cc2c(Cl)ccnc2[nH]1.CCc1cc2c(Cl)ccnc2n1CC.CCc1cc2c(Cl)ccnc2n1S(=O)(=O)c1ccccc1.Clc1ccnc2[nH]ccc12.O=CO[O-].O=S(=O)(Cl)c1ccccc1.O=S(=O)(c1ccccc1)n1ccc2c(Cl)ccnc21.[H-].[K+].[K+]. The zero-order valence-corrected chi connectivity index (χ0v) is 63.4. The molecule has 10 heterocycles. The van der Waals surface area contributed by atoms with Crippen molar-refractivity contribution in [2.45, 2.75) is 68.2 Å². The third-order valence-corrected chi connectivity index (χ3v) is 19.5. The van der Waals surface area contributed by atoms with Crippen molar-refractivity contribution in [1.29, 1.82) is 0 Å². The molecule has 0 unspecified atom stereocenters. The molecule has 0 bridgehead atoms. The first-order valence-corrected chi connectivity index (χ1v) is 34.1. The Morgan fingerprint density at radius 3 is 1.40 bits per heavy atom. The molecular weight excluding hydrogens is 1420 g/mol. The molecule has 0 saturated carbocycles. The van der Waals surface area contributed by atoms with E-state index >= 15 is 0 Å². The molecule has 0 amide bonds. The van der Waals surface area contributed by atoms with Crippen LogP contribution in [-0.4, -0.2) is 79.1 Å². The van der Waals surface area contributed by atoms with Crippen LogP contribution >= 0.6 is 68.7 Å². The van der Waals surface area contributed by atoms with Gasteiger partial charge in [0.2, 0.25) is 0 Å². The van der Waals surface area contributed by atoms with E-state index in [1.807, 2.05) is 31.3 Å². The van der Waals surface area contributed by atoms with Gasteiger partial charge in [-0.15, -0.1) is 0 Å². The maximum atomic E-state index is 12.9. The predicted octanol–water partition coefficient (Wildman–Crippen LogP) is 8.85. The molecule has 10 aromatic heterocycles. The van der Waals surface area contributed by atoms with Gasteiger partial charge in [-0.1, -0.05) is 133 Å². The summed E-state index contributed by atoms with van der Waals surface area (Å²) in [6, 6.07) is 42.6. The minimum Gasteiger partial charge on any atom is -1.00 e. The van der Waals surface area contributed by atoms with E-state index in [0.717, 1.165) is 71.5 Å². The van der Waals surface area contributed by atoms with E-state index in [1.54, 1.807) is 134 Å². The van der Waals surface area contributed by atoms with Crippen LogP contribution in [0.25, 0.3) is 55.2 Å². The van der Waals surface area contributed by atoms with Gasteiger partial charge in [-0.2, -0.15) is 0 Å². The average Bonchev–Trinajstić information content (AvgIpc) is 1.69. The van der Waals surface area contributed by atoms with Crippen LogP contribution in [0.15, 0.2) is 210 Å². The van der Waals surface area contributed by atoms with E-state index in [0.29, 0.717) is 44.2 Å². The van der Waals surface area contributed by atoms with Crippen molar-refractivity contribution in [3.63, 3.8) is 0 Å². The standard InChI is InChI=1S/C15H13ClN2O2S.C13H9ClN2O2S.C11H13ClN2.C9H9ClN2.C7H5ClN2.C6H5ClO2S.CH2O3.2K.H/c1-2-11-10-13-14(16)8-9-17-15(13)18(11)21(19,20)12-6-4-3-5-7-12;14-12-6-8-15-13-11(12)7-9-16(13)19(17,18)10-4-2-1-3-5-10;1-3-8-7-9-10(12)5-6-13-11(9)14(8)4-2;1-2-6-5-7-8(10)3-4-11-9(7)12-6;8-6-2-4-10-7-5(6)1-3-9-7;7-10(8,9)6-4-2-1-3-5-6;2-1-4-3;;;/h3-10H,2H2,1H3;1-9H;5-7H,3-4H2,1-2H3;3-5H,2H2,1H3,(H,11,12);1-4H,(H,9,10);1-5H;1,3H;;;/q;;;;;;;2*+1;-1/p-1. The molecule has 0 radical (unpaired) electrons. The Balaban J connectivity index is 0.000000238. The van der Waals surface area contributed by atoms with Gasteiger partial charge >= 0.3 is 103 Å². The molecule has 470 valence electrons. The average molecular weight is 1470 g/mol. The van der Waals surface area contributed by atoms with E-state index < -0.39 is 29.1 Å². The van der Waals surface area contributed by atoms with Gasteiger partial charge in [0.1, 0.15) is 16.9 Å². The van der Waals surface area contributed by atoms with Crippen molar-refractivity contribution < 1.29 is 144 Å². The zero-order chi connectivity index (χ0) is 65.2. The molecule has 0 saturated heterocycles. The summed E-state index contributed by atoms with van der Waals surface area (Å²) in [5, 5.41) is 16.0. The Labute approximate surface area is 647 Å². The van der Waals surface area contributed by atoms with Gasteiger partial charge in [0.05, 0.1) is 39.8 Å². The molecule has 0 aliphatic heterocycles. The van der Waals surface area contributed by atoms with E-state index in [1.165, 1.54) is 46.1 Å². The second-order valence-corrected chi connectivity index (χ2v) is 26.7. The number of aromatic nitrogens is 10. The molecule has 30 heteroatoms. The summed E-state index contributed by atoms with van der Waals surface area (Å²) in [7, 11) is -5.83. The third-order valence-electron chi connectivity index (χ3n) is 13.0. The number of fused-ring (bicyclic) bond motifs is 5. The van der Waals surface area contributed by atoms with Crippen molar-refractivity contribution >= 4 is 159 Å². The Hall–Kier alpha value is -4.60. The Morgan fingerprint density at radius 2 is 0.935 bits per heavy atom. The number of rotatable bonds is 10. The summed E-state index contributed by atoms with van der Waals surface area (Å²) < 4.78 is 76.6. The Bertz CT molecular complexity index is 4900. The number of H-pyrrole nitrogens is 2. The minimum atomic E-state index is -3.69. The van der Waals surface area contributed by atoms with Crippen molar-refractivity contribution in [1.82, 2.24) is 47.4 Å². The van der Waals surface area contributed by atoms with E-state index in [4.69, 9.17) is 78.7 Å². The first kappa shape index (κ1) is 78.1. The second kappa shape index (κ2) is 37.1. The maximum Gasteiger partial charge on any atom is 1.00 e. The monoisotopic (exact) mass is 1470 g/mol. The summed E-state index contributed by atoms with van der Waals surface area (Å²) in [6.45, 7) is 9.03. The number of aryl methyl sites for hydroxylation is 4. The van der Waals surface area contributed by atoms with Crippen molar-refractivity contribution in [3.05, 3.63) is 237 Å². The van der Waals surface area contributed by atoms with Gasteiger partial charge in [-0.05, 0) is 123 Å². The number of halogens is 6. The molecule has 0 spiro atoms. The van der Waals surface area contributed by atoms with Gasteiger partial charge < -0.3 is 26.1 Å². The fourth-order valence-corrected chi connectivity index (χ4v) is 13.4. The summed E-state index contributed by atoms with van der Waals surface area (Å²) in [4.78, 5) is 38.9. The summed E-state index contributed by atoms with van der Waals surface area (Å²) in [6.07, 6.45) is 14.0. The van der Waals surface area contributed by atoms with Crippen LogP contribution in [0, 0.1) is 0 Å². The normalized spacial score (nSPS) is 10.9.